The molecule has 1 aromatic rings. The van der Waals surface area contributed by atoms with Gasteiger partial charge in [-0.1, -0.05) is 19.1 Å². The van der Waals surface area contributed by atoms with Crippen LogP contribution in [0.2, 0.25) is 0 Å². The number of aromatic carboxylic acids is 1. The van der Waals surface area contributed by atoms with Gasteiger partial charge >= 0.3 is 5.97 Å². The van der Waals surface area contributed by atoms with Crippen molar-refractivity contribution in [1.82, 2.24) is 4.90 Å². The molecule has 2 rings (SSSR count). The van der Waals surface area contributed by atoms with Gasteiger partial charge in [-0.3, -0.25) is 4.90 Å². The van der Waals surface area contributed by atoms with Gasteiger partial charge in [-0.25, -0.2) is 4.79 Å². The molecule has 1 aliphatic rings. The Kier molecular flexibility index (Phi) is 5.01. The summed E-state index contributed by atoms with van der Waals surface area (Å²) >= 11 is 0. The quantitative estimate of drug-likeness (QED) is 0.905. The average Bonchev–Trinajstić information content (AvgIpc) is 2.44. The van der Waals surface area contributed by atoms with Gasteiger partial charge in [0, 0.05) is 19.2 Å². The molecular formula is C17H25NO3. The van der Waals surface area contributed by atoms with E-state index in [1.165, 1.54) is 0 Å². The summed E-state index contributed by atoms with van der Waals surface area (Å²) in [5, 5.41) is 8.94. The molecule has 4 nitrogen and oxygen atoms in total. The third-order valence-electron chi connectivity index (χ3n) is 4.18. The predicted octanol–water partition coefficient (Wildman–Crippen LogP) is 3.16. The van der Waals surface area contributed by atoms with Crippen molar-refractivity contribution in [2.24, 2.45) is 0 Å². The normalized spacial score (nSPS) is 21.4. The number of carbonyl (C=O) groups is 1. The molecule has 0 spiro atoms. The van der Waals surface area contributed by atoms with Crippen molar-refractivity contribution >= 4 is 5.97 Å². The Morgan fingerprint density at radius 3 is 2.57 bits per heavy atom. The molecule has 1 unspecified atom stereocenters. The number of hydrogen-bond donors (Lipinski definition) is 1. The maximum Gasteiger partial charge on any atom is 0.335 e. The summed E-state index contributed by atoms with van der Waals surface area (Å²) in [6, 6.07) is 7.71. The largest absolute Gasteiger partial charge is 0.478 e. The SMILES string of the molecule is CCN(Cc1ccc(C(=O)O)cc1)C1CCOC(C)(C)C1. The van der Waals surface area contributed by atoms with E-state index in [9.17, 15) is 4.79 Å². The summed E-state index contributed by atoms with van der Waals surface area (Å²) in [5.74, 6) is -0.875. The topological polar surface area (TPSA) is 49.8 Å². The zero-order chi connectivity index (χ0) is 15.5. The summed E-state index contributed by atoms with van der Waals surface area (Å²) in [6.07, 6.45) is 2.10. The number of ether oxygens (including phenoxy) is 1. The minimum atomic E-state index is -0.875. The van der Waals surface area contributed by atoms with Gasteiger partial charge in [0.05, 0.1) is 11.2 Å². The van der Waals surface area contributed by atoms with E-state index in [0.717, 1.165) is 38.1 Å². The van der Waals surface area contributed by atoms with Crippen LogP contribution in [0.25, 0.3) is 0 Å². The molecular weight excluding hydrogens is 266 g/mol. The third-order valence-corrected chi connectivity index (χ3v) is 4.18. The Morgan fingerprint density at radius 1 is 1.38 bits per heavy atom. The van der Waals surface area contributed by atoms with Crippen LogP contribution in [0.15, 0.2) is 24.3 Å². The Balaban J connectivity index is 2.03. The van der Waals surface area contributed by atoms with Gasteiger partial charge in [-0.2, -0.15) is 0 Å². The summed E-state index contributed by atoms with van der Waals surface area (Å²) < 4.78 is 5.79. The molecule has 116 valence electrons. The highest BCUT2D eigenvalue weighted by Gasteiger charge is 2.31. The maximum atomic E-state index is 10.9. The highest BCUT2D eigenvalue weighted by molar-refractivity contribution is 5.87. The molecule has 1 atom stereocenters. The van der Waals surface area contributed by atoms with Crippen molar-refractivity contribution in [2.45, 2.75) is 51.8 Å². The predicted molar refractivity (Wildman–Crippen MR) is 82.5 cm³/mol. The fraction of sp³-hybridized carbons (Fsp3) is 0.588. The van der Waals surface area contributed by atoms with Crippen LogP contribution in [0.5, 0.6) is 0 Å². The Bertz CT molecular complexity index is 481. The zero-order valence-electron chi connectivity index (χ0n) is 13.1. The number of benzene rings is 1. The van der Waals surface area contributed by atoms with Crippen molar-refractivity contribution in [2.75, 3.05) is 13.2 Å². The van der Waals surface area contributed by atoms with Crippen LogP contribution in [0, 0.1) is 0 Å². The minimum Gasteiger partial charge on any atom is -0.478 e. The van der Waals surface area contributed by atoms with Gasteiger partial charge in [0.15, 0.2) is 0 Å². The Hall–Kier alpha value is -1.39. The zero-order valence-corrected chi connectivity index (χ0v) is 13.1. The highest BCUT2D eigenvalue weighted by atomic mass is 16.5. The van der Waals surface area contributed by atoms with E-state index in [2.05, 4.69) is 25.7 Å². The van der Waals surface area contributed by atoms with Crippen molar-refractivity contribution in [3.63, 3.8) is 0 Å². The lowest BCUT2D eigenvalue weighted by Gasteiger charge is -2.41. The van der Waals surface area contributed by atoms with Crippen LogP contribution in [-0.4, -0.2) is 40.8 Å². The van der Waals surface area contributed by atoms with E-state index in [1.54, 1.807) is 12.1 Å². The molecule has 1 fully saturated rings. The lowest BCUT2D eigenvalue weighted by atomic mass is 9.92. The van der Waals surface area contributed by atoms with Crippen LogP contribution < -0.4 is 0 Å². The fourth-order valence-corrected chi connectivity index (χ4v) is 3.00. The number of rotatable bonds is 5. The highest BCUT2D eigenvalue weighted by Crippen LogP contribution is 2.28. The van der Waals surface area contributed by atoms with Gasteiger partial charge in [0.25, 0.3) is 0 Å². The molecule has 0 bridgehead atoms. The van der Waals surface area contributed by atoms with E-state index in [-0.39, 0.29) is 5.60 Å². The molecule has 1 N–H and O–H groups in total. The van der Waals surface area contributed by atoms with Gasteiger partial charge in [0.1, 0.15) is 0 Å². The van der Waals surface area contributed by atoms with Crippen molar-refractivity contribution in [1.29, 1.82) is 0 Å². The van der Waals surface area contributed by atoms with Crippen molar-refractivity contribution in [3.8, 4) is 0 Å². The molecule has 0 aromatic heterocycles. The van der Waals surface area contributed by atoms with E-state index < -0.39 is 5.97 Å². The first-order chi connectivity index (χ1) is 9.91. The summed E-state index contributed by atoms with van der Waals surface area (Å²) in [5.41, 5.74) is 1.45. The van der Waals surface area contributed by atoms with Crippen LogP contribution >= 0.6 is 0 Å². The number of hydrogen-bond acceptors (Lipinski definition) is 3. The average molecular weight is 291 g/mol. The van der Waals surface area contributed by atoms with Crippen LogP contribution in [-0.2, 0) is 11.3 Å². The molecule has 4 heteroatoms. The molecule has 1 aromatic carbocycles. The van der Waals surface area contributed by atoms with E-state index in [4.69, 9.17) is 9.84 Å². The molecule has 21 heavy (non-hydrogen) atoms. The number of nitrogens with zero attached hydrogens (tertiary/aromatic N) is 1. The Morgan fingerprint density at radius 2 is 2.05 bits per heavy atom. The third kappa shape index (κ3) is 4.29. The Labute approximate surface area is 126 Å². The van der Waals surface area contributed by atoms with Crippen LogP contribution in [0.3, 0.4) is 0 Å². The maximum absolute atomic E-state index is 10.9. The molecule has 1 aliphatic heterocycles. The lowest BCUT2D eigenvalue weighted by molar-refractivity contribution is -0.0838. The number of carboxylic acids is 1. The van der Waals surface area contributed by atoms with Gasteiger partial charge in [-0.15, -0.1) is 0 Å². The summed E-state index contributed by atoms with van der Waals surface area (Å²) in [6.45, 7) is 9.13. The second-order valence-electron chi connectivity index (χ2n) is 6.32. The second kappa shape index (κ2) is 6.58. The molecule has 0 saturated carbocycles. The monoisotopic (exact) mass is 291 g/mol. The molecule has 1 heterocycles. The first-order valence-electron chi connectivity index (χ1n) is 7.61. The minimum absolute atomic E-state index is 0.0521. The molecule has 1 saturated heterocycles. The second-order valence-corrected chi connectivity index (χ2v) is 6.32. The molecule has 0 aliphatic carbocycles. The lowest BCUT2D eigenvalue weighted by Crippen LogP contribution is -2.45. The van der Waals surface area contributed by atoms with E-state index >= 15 is 0 Å². The van der Waals surface area contributed by atoms with Crippen LogP contribution in [0.4, 0.5) is 0 Å². The fourth-order valence-electron chi connectivity index (χ4n) is 3.00. The van der Waals surface area contributed by atoms with E-state index in [1.807, 2.05) is 12.1 Å². The van der Waals surface area contributed by atoms with Gasteiger partial charge < -0.3 is 9.84 Å². The first kappa shape index (κ1) is 16.0. The van der Waals surface area contributed by atoms with Crippen molar-refractivity contribution in [3.05, 3.63) is 35.4 Å². The summed E-state index contributed by atoms with van der Waals surface area (Å²) in [7, 11) is 0. The van der Waals surface area contributed by atoms with Crippen LogP contribution in [0.1, 0.15) is 49.5 Å². The first-order valence-corrected chi connectivity index (χ1v) is 7.61. The number of carboxylic acid groups (broad SMARTS) is 1. The molecule has 0 amide bonds. The molecule has 0 radical (unpaired) electrons. The van der Waals surface area contributed by atoms with Gasteiger partial charge in [0.2, 0.25) is 0 Å². The van der Waals surface area contributed by atoms with Crippen molar-refractivity contribution < 1.29 is 14.6 Å². The summed E-state index contributed by atoms with van der Waals surface area (Å²) in [4.78, 5) is 13.3. The van der Waals surface area contributed by atoms with Gasteiger partial charge in [-0.05, 0) is 50.9 Å². The van der Waals surface area contributed by atoms with E-state index in [0.29, 0.717) is 11.6 Å². The smallest absolute Gasteiger partial charge is 0.335 e. The standard InChI is InChI=1S/C17H25NO3/c1-4-18(15-9-10-21-17(2,3)11-15)12-13-5-7-14(8-6-13)16(19)20/h5-8,15H,4,9-12H2,1-3H3,(H,19,20).